The number of nitriles is 1. The number of alkyl halides is 6. The Balaban J connectivity index is 1.35. The SMILES string of the molecule is C[C@@H]1CN(c2c(C#N)cnc3cc(C(F)(F)F)ccc23)CC[C@@H]1C(=O)N1CCn2c(nnc2C(F)(F)F)C1. The van der Waals surface area contributed by atoms with Gasteiger partial charge in [0.2, 0.25) is 11.7 Å². The van der Waals surface area contributed by atoms with Gasteiger partial charge in [0.05, 0.1) is 28.9 Å². The predicted octanol–water partition coefficient (Wildman–Crippen LogP) is 4.24. The molecule has 38 heavy (non-hydrogen) atoms. The van der Waals surface area contributed by atoms with Crippen molar-refractivity contribution in [2.24, 2.45) is 11.8 Å². The molecular formula is C24H21F6N7O. The number of halogens is 6. The van der Waals surface area contributed by atoms with Gasteiger partial charge in [0.25, 0.3) is 0 Å². The van der Waals surface area contributed by atoms with Gasteiger partial charge in [0, 0.05) is 43.7 Å². The Bertz CT molecular complexity index is 1440. The number of nitrogens with zero attached hydrogens (tertiary/aromatic N) is 7. The van der Waals surface area contributed by atoms with Gasteiger partial charge >= 0.3 is 12.4 Å². The predicted molar refractivity (Wildman–Crippen MR) is 121 cm³/mol. The number of piperidine rings is 1. The van der Waals surface area contributed by atoms with Crippen LogP contribution in [0.5, 0.6) is 0 Å². The summed E-state index contributed by atoms with van der Waals surface area (Å²) in [6.45, 7) is 2.52. The molecule has 1 fully saturated rings. The van der Waals surface area contributed by atoms with Crippen molar-refractivity contribution < 1.29 is 31.1 Å². The Labute approximate surface area is 212 Å². The highest BCUT2D eigenvalue weighted by Crippen LogP contribution is 2.38. The van der Waals surface area contributed by atoms with Crippen LogP contribution in [0, 0.1) is 23.2 Å². The maximum atomic E-state index is 13.3. The average Bonchev–Trinajstić information content (AvgIpc) is 3.30. The number of rotatable bonds is 2. The van der Waals surface area contributed by atoms with Crippen LogP contribution >= 0.6 is 0 Å². The second-order valence-corrected chi connectivity index (χ2v) is 9.53. The van der Waals surface area contributed by atoms with Gasteiger partial charge in [0.15, 0.2) is 5.82 Å². The van der Waals surface area contributed by atoms with E-state index in [4.69, 9.17) is 0 Å². The molecule has 0 spiro atoms. The Hall–Kier alpha value is -3.89. The molecule has 2 aliphatic rings. The van der Waals surface area contributed by atoms with Gasteiger partial charge in [0.1, 0.15) is 6.07 Å². The molecular weight excluding hydrogens is 516 g/mol. The van der Waals surface area contributed by atoms with Crippen LogP contribution in [0.2, 0.25) is 0 Å². The van der Waals surface area contributed by atoms with Crippen LogP contribution in [-0.2, 0) is 30.2 Å². The number of carbonyl (C=O) groups excluding carboxylic acids is 1. The lowest BCUT2D eigenvalue weighted by Gasteiger charge is -2.40. The van der Waals surface area contributed by atoms with Crippen molar-refractivity contribution in [2.45, 2.75) is 38.8 Å². The summed E-state index contributed by atoms with van der Waals surface area (Å²) in [5.41, 5.74) is -0.0549. The van der Waals surface area contributed by atoms with Crippen molar-refractivity contribution in [1.82, 2.24) is 24.6 Å². The fourth-order valence-electron chi connectivity index (χ4n) is 5.28. The molecule has 0 saturated carbocycles. The van der Waals surface area contributed by atoms with Gasteiger partial charge in [-0.1, -0.05) is 13.0 Å². The van der Waals surface area contributed by atoms with Gasteiger partial charge in [-0.3, -0.25) is 9.78 Å². The van der Waals surface area contributed by atoms with E-state index in [0.717, 1.165) is 16.7 Å². The normalized spacial score (nSPS) is 20.4. The summed E-state index contributed by atoms with van der Waals surface area (Å²) in [6, 6.07) is 5.26. The van der Waals surface area contributed by atoms with E-state index in [0.29, 0.717) is 30.6 Å². The topological polar surface area (TPSA) is 90.9 Å². The number of hydrogen-bond acceptors (Lipinski definition) is 6. The Morgan fingerprint density at radius 1 is 1.08 bits per heavy atom. The first-order valence-electron chi connectivity index (χ1n) is 11.8. The molecule has 0 N–H and O–H groups in total. The van der Waals surface area contributed by atoms with Crippen LogP contribution < -0.4 is 4.90 Å². The third-order valence-electron chi connectivity index (χ3n) is 7.15. The fraction of sp³-hybridized carbons (Fsp3) is 0.458. The largest absolute Gasteiger partial charge is 0.451 e. The minimum atomic E-state index is -4.63. The lowest BCUT2D eigenvalue weighted by Crippen LogP contribution is -2.49. The quantitative estimate of drug-likeness (QED) is 0.455. The molecule has 1 amide bonds. The lowest BCUT2D eigenvalue weighted by molar-refractivity contribution is -0.148. The molecule has 0 radical (unpaired) electrons. The van der Waals surface area contributed by atoms with E-state index in [-0.39, 0.29) is 48.4 Å². The molecule has 0 aliphatic carbocycles. The highest BCUT2D eigenvalue weighted by molar-refractivity contribution is 5.95. The van der Waals surface area contributed by atoms with E-state index in [1.54, 1.807) is 0 Å². The number of fused-ring (bicyclic) bond motifs is 2. The monoisotopic (exact) mass is 537 g/mol. The summed E-state index contributed by atoms with van der Waals surface area (Å²) < 4.78 is 79.9. The van der Waals surface area contributed by atoms with Crippen molar-refractivity contribution in [3.05, 3.63) is 47.2 Å². The van der Waals surface area contributed by atoms with E-state index in [1.807, 2.05) is 11.8 Å². The minimum absolute atomic E-state index is 0.0649. The number of amides is 1. The van der Waals surface area contributed by atoms with Gasteiger partial charge in [-0.05, 0) is 24.5 Å². The molecule has 1 aromatic carbocycles. The first kappa shape index (κ1) is 25.7. The Kier molecular flexibility index (Phi) is 6.19. The van der Waals surface area contributed by atoms with Crippen LogP contribution in [0.25, 0.3) is 10.9 Å². The van der Waals surface area contributed by atoms with Gasteiger partial charge in [-0.25, -0.2) is 0 Å². The summed E-state index contributed by atoms with van der Waals surface area (Å²) in [5.74, 6) is -1.83. The van der Waals surface area contributed by atoms with Crippen molar-refractivity contribution in [2.75, 3.05) is 24.5 Å². The van der Waals surface area contributed by atoms with Crippen LogP contribution in [0.15, 0.2) is 24.4 Å². The highest BCUT2D eigenvalue weighted by Gasteiger charge is 2.41. The summed E-state index contributed by atoms with van der Waals surface area (Å²) in [6.07, 6.45) is -7.52. The Morgan fingerprint density at radius 3 is 2.50 bits per heavy atom. The number of anilines is 1. The molecule has 0 unspecified atom stereocenters. The van der Waals surface area contributed by atoms with Gasteiger partial charge < -0.3 is 14.4 Å². The first-order chi connectivity index (χ1) is 17.9. The molecule has 8 nitrogen and oxygen atoms in total. The van der Waals surface area contributed by atoms with E-state index >= 15 is 0 Å². The van der Waals surface area contributed by atoms with E-state index in [1.165, 1.54) is 17.2 Å². The van der Waals surface area contributed by atoms with Crippen LogP contribution in [0.1, 0.15) is 36.1 Å². The van der Waals surface area contributed by atoms with E-state index in [2.05, 4.69) is 21.3 Å². The van der Waals surface area contributed by atoms with Gasteiger partial charge in [-0.2, -0.15) is 31.6 Å². The van der Waals surface area contributed by atoms with E-state index < -0.39 is 29.7 Å². The molecule has 2 atom stereocenters. The van der Waals surface area contributed by atoms with Crippen LogP contribution in [0.3, 0.4) is 0 Å². The van der Waals surface area contributed by atoms with Crippen molar-refractivity contribution in [3.8, 4) is 6.07 Å². The number of pyridine rings is 1. The molecule has 14 heteroatoms. The first-order valence-corrected chi connectivity index (χ1v) is 11.8. The summed E-state index contributed by atoms with van der Waals surface area (Å²) in [5, 5.41) is 16.9. The summed E-state index contributed by atoms with van der Waals surface area (Å²) in [7, 11) is 0. The van der Waals surface area contributed by atoms with Crippen molar-refractivity contribution in [1.29, 1.82) is 5.26 Å². The maximum absolute atomic E-state index is 13.3. The second kappa shape index (κ2) is 9.14. The third-order valence-corrected chi connectivity index (χ3v) is 7.15. The molecule has 200 valence electrons. The smallest absolute Gasteiger partial charge is 0.370 e. The average molecular weight is 537 g/mol. The number of benzene rings is 1. The number of hydrogen-bond donors (Lipinski definition) is 0. The van der Waals surface area contributed by atoms with Crippen LogP contribution in [-0.4, -0.2) is 50.2 Å². The zero-order chi connectivity index (χ0) is 27.4. The van der Waals surface area contributed by atoms with Crippen molar-refractivity contribution >= 4 is 22.5 Å². The standard InChI is InChI=1S/C24H21F6N7O/c1-13-11-35(20-14(9-31)10-32-18-8-15(23(25,26)27)2-3-17(18)20)5-4-16(13)21(38)36-6-7-37-19(12-36)33-34-22(37)24(28,29)30/h2-3,8,10,13,16H,4-7,11-12H2,1H3/t13-,16+/m1/s1. The zero-order valence-corrected chi connectivity index (χ0v) is 20.0. The van der Waals surface area contributed by atoms with Gasteiger partial charge in [-0.15, -0.1) is 10.2 Å². The fourth-order valence-corrected chi connectivity index (χ4v) is 5.28. The summed E-state index contributed by atoms with van der Waals surface area (Å²) in [4.78, 5) is 20.8. The summed E-state index contributed by atoms with van der Waals surface area (Å²) >= 11 is 0. The third kappa shape index (κ3) is 4.50. The molecule has 4 heterocycles. The zero-order valence-electron chi connectivity index (χ0n) is 20.0. The highest BCUT2D eigenvalue weighted by atomic mass is 19.4. The molecule has 2 aromatic heterocycles. The van der Waals surface area contributed by atoms with E-state index in [9.17, 15) is 36.4 Å². The number of aromatic nitrogens is 4. The molecule has 3 aromatic rings. The molecule has 1 saturated heterocycles. The van der Waals surface area contributed by atoms with Crippen LogP contribution in [0.4, 0.5) is 32.0 Å². The minimum Gasteiger partial charge on any atom is -0.370 e. The molecule has 0 bridgehead atoms. The number of carbonyl (C=O) groups is 1. The molecule has 5 rings (SSSR count). The molecule has 2 aliphatic heterocycles. The Morgan fingerprint density at radius 2 is 1.84 bits per heavy atom. The maximum Gasteiger partial charge on any atom is 0.451 e. The second-order valence-electron chi connectivity index (χ2n) is 9.53. The lowest BCUT2D eigenvalue weighted by atomic mass is 9.85. The van der Waals surface area contributed by atoms with Crippen molar-refractivity contribution in [3.63, 3.8) is 0 Å².